The summed E-state index contributed by atoms with van der Waals surface area (Å²) in [4.78, 5) is 50.8. The zero-order valence-corrected chi connectivity index (χ0v) is 17.6. The van der Waals surface area contributed by atoms with Gasteiger partial charge in [-0.25, -0.2) is 14.4 Å². The number of rotatable bonds is 6. The minimum Gasteiger partial charge on any atom is -0.462 e. The van der Waals surface area contributed by atoms with Gasteiger partial charge >= 0.3 is 18.0 Å². The molecule has 0 radical (unpaired) electrons. The van der Waals surface area contributed by atoms with Crippen LogP contribution in [-0.2, 0) is 19.0 Å². The molecule has 0 aliphatic carbocycles. The Morgan fingerprint density at radius 2 is 1.83 bits per heavy atom. The molecule has 2 rings (SSSR count). The Balaban J connectivity index is 2.26. The lowest BCUT2D eigenvalue weighted by Gasteiger charge is -2.31. The van der Waals surface area contributed by atoms with Crippen LogP contribution in [0, 0.1) is 6.92 Å². The summed E-state index contributed by atoms with van der Waals surface area (Å²) < 4.78 is 15.5. The Morgan fingerprint density at radius 3 is 2.45 bits per heavy atom. The summed E-state index contributed by atoms with van der Waals surface area (Å²) in [6, 6.07) is -0.510. The van der Waals surface area contributed by atoms with Crippen molar-refractivity contribution in [3.05, 3.63) is 16.0 Å². The number of urea groups is 1. The van der Waals surface area contributed by atoms with Gasteiger partial charge in [-0.2, -0.15) is 0 Å². The SMILES string of the molecule is CCOC(=O)c1sc(NC(=O)N2CCOC(C(=O)NC)C2)c(C(=O)OCC)c1C. The number of amides is 3. The van der Waals surface area contributed by atoms with Crippen molar-refractivity contribution in [1.29, 1.82) is 0 Å². The van der Waals surface area contributed by atoms with Crippen molar-refractivity contribution in [2.45, 2.75) is 26.9 Å². The summed E-state index contributed by atoms with van der Waals surface area (Å²) in [7, 11) is 1.49. The van der Waals surface area contributed by atoms with E-state index in [1.807, 2.05) is 0 Å². The predicted octanol–water partition coefficient (Wildman–Crippen LogP) is 1.39. The fourth-order valence-electron chi connectivity index (χ4n) is 2.77. The zero-order chi connectivity index (χ0) is 21.6. The third-order valence-electron chi connectivity index (χ3n) is 4.20. The average molecular weight is 427 g/mol. The molecule has 0 spiro atoms. The monoisotopic (exact) mass is 427 g/mol. The standard InChI is InChI=1S/C18H25N3O7S/c1-5-26-16(23)12-10(3)13(17(24)27-6-2)29-15(12)20-18(25)21-7-8-28-11(9-21)14(22)19-4/h11H,5-9H2,1-4H3,(H,19,22)(H,20,25). The van der Waals surface area contributed by atoms with E-state index in [0.717, 1.165) is 11.3 Å². The van der Waals surface area contributed by atoms with Gasteiger partial charge in [0.15, 0.2) is 6.10 Å². The summed E-state index contributed by atoms with van der Waals surface area (Å²) in [5.41, 5.74) is 0.497. The summed E-state index contributed by atoms with van der Waals surface area (Å²) in [6.07, 6.45) is -0.774. The van der Waals surface area contributed by atoms with Gasteiger partial charge in [0.2, 0.25) is 0 Å². The molecule has 10 nitrogen and oxygen atoms in total. The van der Waals surface area contributed by atoms with E-state index in [4.69, 9.17) is 14.2 Å². The van der Waals surface area contributed by atoms with Crippen LogP contribution in [0.3, 0.4) is 0 Å². The number of anilines is 1. The Bertz CT molecular complexity index is 793. The van der Waals surface area contributed by atoms with E-state index < -0.39 is 24.1 Å². The fourth-order valence-corrected chi connectivity index (χ4v) is 3.85. The van der Waals surface area contributed by atoms with Gasteiger partial charge in [-0.05, 0) is 26.3 Å². The highest BCUT2D eigenvalue weighted by Gasteiger charge is 2.31. The van der Waals surface area contributed by atoms with Crippen LogP contribution >= 0.6 is 11.3 Å². The maximum absolute atomic E-state index is 12.7. The first-order chi connectivity index (χ1) is 13.8. The third kappa shape index (κ3) is 5.24. The van der Waals surface area contributed by atoms with Crippen molar-refractivity contribution in [3.63, 3.8) is 0 Å². The van der Waals surface area contributed by atoms with Crippen LogP contribution in [0.15, 0.2) is 0 Å². The molecule has 0 bridgehead atoms. The largest absolute Gasteiger partial charge is 0.462 e. The van der Waals surface area contributed by atoms with Crippen molar-refractivity contribution < 1.29 is 33.4 Å². The van der Waals surface area contributed by atoms with Crippen LogP contribution in [-0.4, -0.2) is 74.8 Å². The van der Waals surface area contributed by atoms with Crippen LogP contribution in [0.2, 0.25) is 0 Å². The Morgan fingerprint density at radius 1 is 1.17 bits per heavy atom. The van der Waals surface area contributed by atoms with Gasteiger partial charge in [0.1, 0.15) is 9.88 Å². The van der Waals surface area contributed by atoms with Crippen molar-refractivity contribution in [2.24, 2.45) is 0 Å². The van der Waals surface area contributed by atoms with Gasteiger partial charge in [0.25, 0.3) is 5.91 Å². The zero-order valence-electron chi connectivity index (χ0n) is 16.8. The van der Waals surface area contributed by atoms with Crippen LogP contribution in [0.1, 0.15) is 39.4 Å². The molecule has 1 aromatic heterocycles. The molecule has 1 aliphatic rings. The summed E-state index contributed by atoms with van der Waals surface area (Å²) in [5.74, 6) is -1.55. The highest BCUT2D eigenvalue weighted by atomic mass is 32.1. The number of esters is 2. The Hall–Kier alpha value is -2.66. The van der Waals surface area contributed by atoms with E-state index in [9.17, 15) is 19.2 Å². The topological polar surface area (TPSA) is 123 Å². The number of carbonyl (C=O) groups excluding carboxylic acids is 4. The number of hydrogen-bond acceptors (Lipinski definition) is 8. The Kier molecular flexibility index (Phi) is 7.97. The summed E-state index contributed by atoms with van der Waals surface area (Å²) in [6.45, 7) is 5.82. The van der Waals surface area contributed by atoms with Crippen LogP contribution in [0.4, 0.5) is 9.80 Å². The number of carbonyl (C=O) groups is 4. The molecule has 2 N–H and O–H groups in total. The number of likely N-dealkylation sites (N-methyl/N-ethyl adjacent to an activating group) is 1. The molecule has 0 saturated carbocycles. The maximum Gasteiger partial charge on any atom is 0.348 e. The first-order valence-corrected chi connectivity index (χ1v) is 10.0. The minimum atomic E-state index is -0.774. The van der Waals surface area contributed by atoms with Crippen LogP contribution < -0.4 is 10.6 Å². The second-order valence-electron chi connectivity index (χ2n) is 6.05. The predicted molar refractivity (Wildman–Crippen MR) is 105 cm³/mol. The normalized spacial score (nSPS) is 16.1. The molecule has 1 unspecified atom stereocenters. The quantitative estimate of drug-likeness (QED) is 0.658. The van der Waals surface area contributed by atoms with Crippen LogP contribution in [0.25, 0.3) is 0 Å². The number of hydrogen-bond donors (Lipinski definition) is 2. The lowest BCUT2D eigenvalue weighted by atomic mass is 10.1. The Labute approximate surface area is 172 Å². The fraction of sp³-hybridized carbons (Fsp3) is 0.556. The van der Waals surface area contributed by atoms with E-state index in [2.05, 4.69) is 10.6 Å². The average Bonchev–Trinajstić information content (AvgIpc) is 3.03. The highest BCUT2D eigenvalue weighted by molar-refractivity contribution is 7.18. The molecular weight excluding hydrogens is 402 g/mol. The molecule has 160 valence electrons. The van der Waals surface area contributed by atoms with Gasteiger partial charge in [0.05, 0.1) is 31.9 Å². The van der Waals surface area contributed by atoms with E-state index in [1.54, 1.807) is 20.8 Å². The minimum absolute atomic E-state index is 0.0648. The van der Waals surface area contributed by atoms with Crippen molar-refractivity contribution in [3.8, 4) is 0 Å². The van der Waals surface area contributed by atoms with E-state index in [-0.39, 0.29) is 54.3 Å². The second kappa shape index (κ2) is 10.2. The molecule has 1 aromatic rings. The summed E-state index contributed by atoms with van der Waals surface area (Å²) >= 11 is 0.948. The molecule has 1 atom stereocenters. The molecule has 3 amide bonds. The molecule has 1 fully saturated rings. The maximum atomic E-state index is 12.7. The van der Waals surface area contributed by atoms with Gasteiger partial charge in [0, 0.05) is 13.6 Å². The van der Waals surface area contributed by atoms with Gasteiger partial charge in [-0.1, -0.05) is 0 Å². The van der Waals surface area contributed by atoms with E-state index >= 15 is 0 Å². The molecule has 0 aromatic carbocycles. The first kappa shape index (κ1) is 22.6. The molecule has 1 aliphatic heterocycles. The van der Waals surface area contributed by atoms with Crippen molar-refractivity contribution in [1.82, 2.24) is 10.2 Å². The molecule has 11 heteroatoms. The lowest BCUT2D eigenvalue weighted by Crippen LogP contribution is -2.52. The highest BCUT2D eigenvalue weighted by Crippen LogP contribution is 2.34. The van der Waals surface area contributed by atoms with E-state index in [1.165, 1.54) is 11.9 Å². The third-order valence-corrected chi connectivity index (χ3v) is 5.39. The molecular formula is C18H25N3O7S. The van der Waals surface area contributed by atoms with Gasteiger partial charge < -0.3 is 24.4 Å². The number of morpholine rings is 1. The number of thiophene rings is 1. The lowest BCUT2D eigenvalue weighted by molar-refractivity contribution is -0.136. The molecule has 2 heterocycles. The second-order valence-corrected chi connectivity index (χ2v) is 7.07. The van der Waals surface area contributed by atoms with Gasteiger partial charge in [-0.3, -0.25) is 10.1 Å². The first-order valence-electron chi connectivity index (χ1n) is 9.20. The molecule has 29 heavy (non-hydrogen) atoms. The number of ether oxygens (including phenoxy) is 3. The molecule has 1 saturated heterocycles. The van der Waals surface area contributed by atoms with Crippen molar-refractivity contribution >= 4 is 40.2 Å². The number of nitrogens with zero attached hydrogens (tertiary/aromatic N) is 1. The van der Waals surface area contributed by atoms with Crippen LogP contribution in [0.5, 0.6) is 0 Å². The van der Waals surface area contributed by atoms with E-state index in [0.29, 0.717) is 5.56 Å². The number of nitrogens with one attached hydrogen (secondary N) is 2. The van der Waals surface area contributed by atoms with Gasteiger partial charge in [-0.15, -0.1) is 11.3 Å². The smallest absolute Gasteiger partial charge is 0.348 e. The summed E-state index contributed by atoms with van der Waals surface area (Å²) in [5, 5.41) is 5.34. The van der Waals surface area contributed by atoms with Crippen molar-refractivity contribution in [2.75, 3.05) is 45.3 Å².